The Kier molecular flexibility index (Phi) is 3.19. The van der Waals surface area contributed by atoms with Gasteiger partial charge in [-0.3, -0.25) is 4.79 Å². The van der Waals surface area contributed by atoms with Crippen molar-refractivity contribution in [2.45, 2.75) is 38.6 Å². The number of rotatable bonds is 4. The van der Waals surface area contributed by atoms with Gasteiger partial charge in [-0.25, -0.2) is 0 Å². The molecular weight excluding hydrogens is 194 g/mol. The summed E-state index contributed by atoms with van der Waals surface area (Å²) in [5, 5.41) is 8.84. The summed E-state index contributed by atoms with van der Waals surface area (Å²) in [7, 11) is 0. The van der Waals surface area contributed by atoms with Gasteiger partial charge in [0.1, 0.15) is 5.76 Å². The topological polar surface area (TPSA) is 76.5 Å². The van der Waals surface area contributed by atoms with Crippen LogP contribution in [0.4, 0.5) is 0 Å². The molecule has 0 saturated heterocycles. The average molecular weight is 211 g/mol. The molecule has 1 aromatic rings. The molecule has 4 heteroatoms. The largest absolute Gasteiger partial charge is 0.481 e. The minimum absolute atomic E-state index is 0.0160. The van der Waals surface area contributed by atoms with E-state index >= 15 is 0 Å². The number of carbonyl (C=O) groups is 1. The third kappa shape index (κ3) is 2.83. The van der Waals surface area contributed by atoms with Gasteiger partial charge in [0.2, 0.25) is 0 Å². The van der Waals surface area contributed by atoms with Crippen molar-refractivity contribution in [3.05, 3.63) is 23.7 Å². The van der Waals surface area contributed by atoms with Gasteiger partial charge < -0.3 is 15.3 Å². The van der Waals surface area contributed by atoms with E-state index in [4.69, 9.17) is 15.3 Å². The van der Waals surface area contributed by atoms with E-state index in [0.29, 0.717) is 5.76 Å². The molecule has 1 heterocycles. The molecule has 84 valence electrons. The lowest BCUT2D eigenvalue weighted by Crippen LogP contribution is -2.40. The van der Waals surface area contributed by atoms with E-state index < -0.39 is 11.5 Å². The lowest BCUT2D eigenvalue weighted by atomic mass is 9.83. The maximum Gasteiger partial charge on any atom is 0.304 e. The summed E-state index contributed by atoms with van der Waals surface area (Å²) in [6.45, 7) is 5.50. The molecule has 1 atom stereocenters. The highest BCUT2D eigenvalue weighted by atomic mass is 16.4. The van der Waals surface area contributed by atoms with Crippen LogP contribution in [-0.2, 0) is 4.79 Å². The zero-order valence-electron chi connectivity index (χ0n) is 9.28. The van der Waals surface area contributed by atoms with Gasteiger partial charge in [-0.2, -0.15) is 0 Å². The first kappa shape index (κ1) is 11.8. The van der Waals surface area contributed by atoms with Crippen molar-refractivity contribution in [3.8, 4) is 0 Å². The van der Waals surface area contributed by atoms with Crippen LogP contribution in [0.2, 0.25) is 0 Å². The van der Waals surface area contributed by atoms with Gasteiger partial charge >= 0.3 is 5.97 Å². The SMILES string of the molecule is Cc1ccoc1C(CC(=O)O)C(C)(C)N. The predicted molar refractivity (Wildman–Crippen MR) is 56.7 cm³/mol. The van der Waals surface area contributed by atoms with Crippen molar-refractivity contribution in [1.29, 1.82) is 0 Å². The fourth-order valence-electron chi connectivity index (χ4n) is 1.61. The van der Waals surface area contributed by atoms with E-state index in [2.05, 4.69) is 0 Å². The zero-order valence-corrected chi connectivity index (χ0v) is 9.28. The van der Waals surface area contributed by atoms with Gasteiger partial charge in [0.25, 0.3) is 0 Å². The second kappa shape index (κ2) is 4.06. The Labute approximate surface area is 89.1 Å². The Morgan fingerprint density at radius 2 is 2.27 bits per heavy atom. The Balaban J connectivity index is 3.02. The molecule has 0 radical (unpaired) electrons. The smallest absolute Gasteiger partial charge is 0.304 e. The van der Waals surface area contributed by atoms with Crippen LogP contribution in [0.1, 0.15) is 37.5 Å². The second-order valence-corrected chi connectivity index (χ2v) is 4.44. The van der Waals surface area contributed by atoms with Gasteiger partial charge in [-0.15, -0.1) is 0 Å². The Hall–Kier alpha value is -1.29. The highest BCUT2D eigenvalue weighted by Gasteiger charge is 2.32. The van der Waals surface area contributed by atoms with Crippen molar-refractivity contribution >= 4 is 5.97 Å². The number of hydrogen-bond donors (Lipinski definition) is 2. The fraction of sp³-hybridized carbons (Fsp3) is 0.545. The van der Waals surface area contributed by atoms with Gasteiger partial charge in [-0.05, 0) is 32.4 Å². The monoisotopic (exact) mass is 211 g/mol. The van der Waals surface area contributed by atoms with Gasteiger partial charge in [-0.1, -0.05) is 0 Å². The number of aliphatic carboxylic acids is 1. The number of carboxylic acid groups (broad SMARTS) is 1. The second-order valence-electron chi connectivity index (χ2n) is 4.44. The summed E-state index contributed by atoms with van der Waals surface area (Å²) in [6, 6.07) is 1.82. The first-order valence-electron chi connectivity index (χ1n) is 4.87. The number of aryl methyl sites for hydroxylation is 1. The maximum absolute atomic E-state index is 10.8. The highest BCUT2D eigenvalue weighted by molar-refractivity contribution is 5.68. The van der Waals surface area contributed by atoms with E-state index in [1.54, 1.807) is 6.26 Å². The minimum atomic E-state index is -0.866. The van der Waals surface area contributed by atoms with Gasteiger partial charge in [0, 0.05) is 11.5 Å². The molecule has 0 amide bonds. The average Bonchev–Trinajstić information content (AvgIpc) is 2.45. The molecule has 1 unspecified atom stereocenters. The third-order valence-corrected chi connectivity index (χ3v) is 2.50. The first-order chi connectivity index (χ1) is 6.82. The summed E-state index contributed by atoms with van der Waals surface area (Å²) >= 11 is 0. The molecule has 0 spiro atoms. The van der Waals surface area contributed by atoms with Crippen LogP contribution in [0.5, 0.6) is 0 Å². The van der Waals surface area contributed by atoms with E-state index in [1.807, 2.05) is 26.8 Å². The highest BCUT2D eigenvalue weighted by Crippen LogP contribution is 2.32. The molecule has 15 heavy (non-hydrogen) atoms. The molecule has 3 N–H and O–H groups in total. The first-order valence-corrected chi connectivity index (χ1v) is 4.87. The summed E-state index contributed by atoms with van der Waals surface area (Å²) in [5.41, 5.74) is 6.30. The number of nitrogens with two attached hydrogens (primary N) is 1. The summed E-state index contributed by atoms with van der Waals surface area (Å²) in [4.78, 5) is 10.8. The van der Waals surface area contributed by atoms with E-state index in [1.165, 1.54) is 0 Å². The van der Waals surface area contributed by atoms with E-state index in [0.717, 1.165) is 5.56 Å². The van der Waals surface area contributed by atoms with Gasteiger partial charge in [0.05, 0.1) is 12.7 Å². The molecule has 0 fully saturated rings. The number of carboxylic acids is 1. The summed E-state index contributed by atoms with van der Waals surface area (Å²) in [5.74, 6) is -0.496. The van der Waals surface area contributed by atoms with Gasteiger partial charge in [0.15, 0.2) is 0 Å². The summed E-state index contributed by atoms with van der Waals surface area (Å²) in [6.07, 6.45) is 1.54. The lowest BCUT2D eigenvalue weighted by molar-refractivity contribution is -0.138. The molecule has 0 aliphatic carbocycles. The Morgan fingerprint density at radius 3 is 2.60 bits per heavy atom. The van der Waals surface area contributed by atoms with Crippen LogP contribution in [0, 0.1) is 6.92 Å². The molecular formula is C11H17NO3. The molecule has 0 bridgehead atoms. The van der Waals surface area contributed by atoms with Crippen molar-refractivity contribution < 1.29 is 14.3 Å². The van der Waals surface area contributed by atoms with E-state index in [9.17, 15) is 4.79 Å². The van der Waals surface area contributed by atoms with Crippen LogP contribution in [-0.4, -0.2) is 16.6 Å². The third-order valence-electron chi connectivity index (χ3n) is 2.50. The van der Waals surface area contributed by atoms with Crippen molar-refractivity contribution in [2.24, 2.45) is 5.73 Å². The Bertz CT molecular complexity index is 349. The van der Waals surface area contributed by atoms with Crippen LogP contribution in [0.3, 0.4) is 0 Å². The molecule has 1 rings (SSSR count). The molecule has 4 nitrogen and oxygen atoms in total. The van der Waals surface area contributed by atoms with Crippen LogP contribution < -0.4 is 5.73 Å². The maximum atomic E-state index is 10.8. The van der Waals surface area contributed by atoms with E-state index in [-0.39, 0.29) is 12.3 Å². The molecule has 1 aromatic heterocycles. The van der Waals surface area contributed by atoms with Crippen LogP contribution >= 0.6 is 0 Å². The predicted octanol–water partition coefficient (Wildman–Crippen LogP) is 1.88. The number of furan rings is 1. The molecule has 0 aliphatic rings. The van der Waals surface area contributed by atoms with Crippen molar-refractivity contribution in [1.82, 2.24) is 0 Å². The quantitative estimate of drug-likeness (QED) is 0.797. The molecule has 0 aromatic carbocycles. The Morgan fingerprint density at radius 1 is 1.67 bits per heavy atom. The van der Waals surface area contributed by atoms with Crippen molar-refractivity contribution in [2.75, 3.05) is 0 Å². The normalized spacial score (nSPS) is 13.9. The van der Waals surface area contributed by atoms with Crippen LogP contribution in [0.25, 0.3) is 0 Å². The van der Waals surface area contributed by atoms with Crippen LogP contribution in [0.15, 0.2) is 16.7 Å². The zero-order chi connectivity index (χ0) is 11.6. The van der Waals surface area contributed by atoms with Crippen molar-refractivity contribution in [3.63, 3.8) is 0 Å². The lowest BCUT2D eigenvalue weighted by Gasteiger charge is -2.28. The fourth-order valence-corrected chi connectivity index (χ4v) is 1.61. The molecule has 0 aliphatic heterocycles. The standard InChI is InChI=1S/C11H17NO3/c1-7-4-5-15-10(7)8(6-9(13)14)11(2,3)12/h4-5,8H,6,12H2,1-3H3,(H,13,14). The summed E-state index contributed by atoms with van der Waals surface area (Å²) < 4.78 is 5.31. The number of hydrogen-bond acceptors (Lipinski definition) is 3. The molecule has 0 saturated carbocycles. The minimum Gasteiger partial charge on any atom is -0.481 e.